The molecule has 1 aliphatic heterocycles. The Kier molecular flexibility index (Phi) is 4.72. The molecular formula is C19H26N6O2. The first-order valence-electron chi connectivity index (χ1n) is 9.65. The van der Waals surface area contributed by atoms with Crippen molar-refractivity contribution in [1.29, 1.82) is 0 Å². The Balaban J connectivity index is 1.37. The number of rotatable bonds is 4. The molecule has 3 heterocycles. The van der Waals surface area contributed by atoms with Crippen LogP contribution < -0.4 is 5.32 Å². The van der Waals surface area contributed by atoms with Crippen LogP contribution in [0.4, 0.5) is 10.5 Å². The van der Waals surface area contributed by atoms with Crippen molar-refractivity contribution in [2.24, 2.45) is 5.92 Å². The van der Waals surface area contributed by atoms with Crippen molar-refractivity contribution in [2.45, 2.75) is 45.1 Å². The van der Waals surface area contributed by atoms with Gasteiger partial charge in [-0.05, 0) is 31.9 Å². The average molecular weight is 370 g/mol. The number of fused-ring (bicyclic) bond motifs is 1. The zero-order valence-electron chi connectivity index (χ0n) is 15.9. The molecule has 1 unspecified atom stereocenters. The second-order valence-electron chi connectivity index (χ2n) is 7.71. The molecular weight excluding hydrogens is 344 g/mol. The van der Waals surface area contributed by atoms with E-state index in [-0.39, 0.29) is 17.9 Å². The number of hydrogen-bond donors (Lipinski definition) is 1. The van der Waals surface area contributed by atoms with Gasteiger partial charge in [0.2, 0.25) is 5.91 Å². The molecule has 2 aliphatic rings. The molecule has 1 atom stereocenters. The van der Waals surface area contributed by atoms with Gasteiger partial charge in [0.05, 0.1) is 5.69 Å². The lowest BCUT2D eigenvalue weighted by Gasteiger charge is -2.25. The molecule has 1 saturated carbocycles. The monoisotopic (exact) mass is 370 g/mol. The van der Waals surface area contributed by atoms with Gasteiger partial charge in [-0.1, -0.05) is 12.8 Å². The van der Waals surface area contributed by atoms with Gasteiger partial charge in [-0.15, -0.1) is 0 Å². The lowest BCUT2D eigenvalue weighted by molar-refractivity contribution is -0.129. The first-order chi connectivity index (χ1) is 13.0. The number of pyridine rings is 1. The van der Waals surface area contributed by atoms with Gasteiger partial charge >= 0.3 is 6.03 Å². The third kappa shape index (κ3) is 3.61. The zero-order chi connectivity index (χ0) is 19.0. The first kappa shape index (κ1) is 17.8. The number of aromatic nitrogens is 3. The molecule has 1 saturated heterocycles. The number of nitrogens with zero attached hydrogens (tertiary/aromatic N) is 5. The molecule has 0 aromatic carbocycles. The van der Waals surface area contributed by atoms with E-state index in [1.54, 1.807) is 22.7 Å². The van der Waals surface area contributed by atoms with Gasteiger partial charge in [-0.2, -0.15) is 5.10 Å². The number of carbonyl (C=O) groups excluding carboxylic acids is 2. The maximum Gasteiger partial charge on any atom is 0.321 e. The average Bonchev–Trinajstić information content (AvgIpc) is 3.34. The predicted molar refractivity (Wildman–Crippen MR) is 101 cm³/mol. The highest BCUT2D eigenvalue weighted by molar-refractivity contribution is 5.93. The molecule has 8 heteroatoms. The van der Waals surface area contributed by atoms with Gasteiger partial charge in [-0.25, -0.2) is 14.3 Å². The van der Waals surface area contributed by atoms with Gasteiger partial charge in [0.1, 0.15) is 5.82 Å². The van der Waals surface area contributed by atoms with Crippen molar-refractivity contribution in [2.75, 3.05) is 25.5 Å². The standard InChI is InChI=1S/C19H26N6O2/c1-13-20-18-16(8-5-9-25(18)22-13)21-19(27)23(2)11-14-10-17(26)24(12-14)15-6-3-4-7-15/h5,8-9,14-15H,3-4,6-7,10-12H2,1-2H3,(H,21,27). The topological polar surface area (TPSA) is 82.8 Å². The maximum atomic E-state index is 12.6. The summed E-state index contributed by atoms with van der Waals surface area (Å²) in [4.78, 5) is 33.0. The quantitative estimate of drug-likeness (QED) is 0.895. The molecule has 1 aliphatic carbocycles. The number of urea groups is 1. The molecule has 0 bridgehead atoms. The number of nitrogens with one attached hydrogen (secondary N) is 1. The van der Waals surface area contributed by atoms with Gasteiger partial charge in [0, 0.05) is 44.7 Å². The number of carbonyl (C=O) groups is 2. The van der Waals surface area contributed by atoms with Crippen LogP contribution in [0.2, 0.25) is 0 Å². The highest BCUT2D eigenvalue weighted by Crippen LogP contribution is 2.29. The molecule has 2 aromatic rings. The van der Waals surface area contributed by atoms with Crippen LogP contribution in [0.1, 0.15) is 37.9 Å². The number of amides is 3. The molecule has 0 spiro atoms. The summed E-state index contributed by atoms with van der Waals surface area (Å²) in [5.41, 5.74) is 1.25. The second kappa shape index (κ2) is 7.17. The second-order valence-corrected chi connectivity index (χ2v) is 7.71. The molecule has 2 aromatic heterocycles. The number of aryl methyl sites for hydroxylation is 1. The third-order valence-corrected chi connectivity index (χ3v) is 5.59. The third-order valence-electron chi connectivity index (χ3n) is 5.59. The number of hydrogen-bond acceptors (Lipinski definition) is 4. The molecule has 27 heavy (non-hydrogen) atoms. The lowest BCUT2D eigenvalue weighted by Crippen LogP contribution is -2.38. The first-order valence-corrected chi connectivity index (χ1v) is 9.65. The molecule has 144 valence electrons. The Bertz CT molecular complexity index is 857. The zero-order valence-corrected chi connectivity index (χ0v) is 15.9. The van der Waals surface area contributed by atoms with Crippen LogP contribution in [0.15, 0.2) is 18.3 Å². The fourth-order valence-corrected chi connectivity index (χ4v) is 4.29. The van der Waals surface area contributed by atoms with Gasteiger partial charge in [0.25, 0.3) is 0 Å². The Morgan fingerprint density at radius 2 is 2.15 bits per heavy atom. The van der Waals surface area contributed by atoms with Crippen LogP contribution in [0, 0.1) is 12.8 Å². The van der Waals surface area contributed by atoms with Crippen molar-refractivity contribution in [3.8, 4) is 0 Å². The minimum atomic E-state index is -0.199. The molecule has 0 radical (unpaired) electrons. The summed E-state index contributed by atoms with van der Waals surface area (Å²) >= 11 is 0. The summed E-state index contributed by atoms with van der Waals surface area (Å²) in [5.74, 6) is 1.09. The molecule has 2 fully saturated rings. The number of anilines is 1. The van der Waals surface area contributed by atoms with Crippen LogP contribution in [0.3, 0.4) is 0 Å². The Labute approximate surface area is 158 Å². The summed E-state index contributed by atoms with van der Waals surface area (Å²) < 4.78 is 1.65. The smallest absolute Gasteiger partial charge is 0.321 e. The van der Waals surface area contributed by atoms with Crippen LogP contribution in [0.25, 0.3) is 5.65 Å². The van der Waals surface area contributed by atoms with Crippen molar-refractivity contribution >= 4 is 23.3 Å². The van der Waals surface area contributed by atoms with Gasteiger partial charge in [-0.3, -0.25) is 4.79 Å². The summed E-state index contributed by atoms with van der Waals surface area (Å²) in [5, 5.41) is 7.18. The summed E-state index contributed by atoms with van der Waals surface area (Å²) in [6.07, 6.45) is 7.01. The minimum absolute atomic E-state index is 0.194. The fourth-order valence-electron chi connectivity index (χ4n) is 4.29. The Hall–Kier alpha value is -2.64. The van der Waals surface area contributed by atoms with E-state index in [1.807, 2.05) is 24.0 Å². The van der Waals surface area contributed by atoms with Crippen molar-refractivity contribution < 1.29 is 9.59 Å². The fraction of sp³-hybridized carbons (Fsp3) is 0.579. The Morgan fingerprint density at radius 3 is 2.93 bits per heavy atom. The van der Waals surface area contributed by atoms with Crippen LogP contribution >= 0.6 is 0 Å². The summed E-state index contributed by atoms with van der Waals surface area (Å²) in [7, 11) is 1.77. The van der Waals surface area contributed by atoms with Crippen molar-refractivity contribution in [3.63, 3.8) is 0 Å². The van der Waals surface area contributed by atoms with Crippen LogP contribution in [-0.2, 0) is 4.79 Å². The largest absolute Gasteiger partial charge is 0.339 e. The van der Waals surface area contributed by atoms with Crippen LogP contribution in [0.5, 0.6) is 0 Å². The van der Waals surface area contributed by atoms with E-state index in [0.29, 0.717) is 36.2 Å². The van der Waals surface area contributed by atoms with E-state index >= 15 is 0 Å². The molecule has 8 nitrogen and oxygen atoms in total. The van der Waals surface area contributed by atoms with E-state index in [0.717, 1.165) is 19.4 Å². The minimum Gasteiger partial charge on any atom is -0.339 e. The normalized spacial score (nSPS) is 20.6. The van der Waals surface area contributed by atoms with E-state index in [2.05, 4.69) is 15.4 Å². The molecule has 3 amide bonds. The Morgan fingerprint density at radius 1 is 1.37 bits per heavy atom. The summed E-state index contributed by atoms with van der Waals surface area (Å²) in [6, 6.07) is 3.85. The van der Waals surface area contributed by atoms with Crippen molar-refractivity contribution in [1.82, 2.24) is 24.4 Å². The SMILES string of the molecule is Cc1nc2c(NC(=O)N(C)CC3CC(=O)N(C4CCCC4)C3)cccn2n1. The molecule has 1 N–H and O–H groups in total. The van der Waals surface area contributed by atoms with Crippen LogP contribution in [-0.4, -0.2) is 62.5 Å². The van der Waals surface area contributed by atoms with E-state index in [4.69, 9.17) is 0 Å². The predicted octanol–water partition coefficient (Wildman–Crippen LogP) is 2.29. The number of likely N-dealkylation sites (tertiary alicyclic amines) is 1. The van der Waals surface area contributed by atoms with E-state index in [9.17, 15) is 9.59 Å². The van der Waals surface area contributed by atoms with Gasteiger partial charge < -0.3 is 15.1 Å². The van der Waals surface area contributed by atoms with Crippen molar-refractivity contribution in [3.05, 3.63) is 24.2 Å². The summed E-state index contributed by atoms with van der Waals surface area (Å²) in [6.45, 7) is 3.15. The van der Waals surface area contributed by atoms with Gasteiger partial charge in [0.15, 0.2) is 5.65 Å². The highest BCUT2D eigenvalue weighted by Gasteiger charge is 2.36. The lowest BCUT2D eigenvalue weighted by atomic mass is 10.1. The molecule has 4 rings (SSSR count). The van der Waals surface area contributed by atoms with E-state index in [1.165, 1.54) is 12.8 Å². The maximum absolute atomic E-state index is 12.6. The van der Waals surface area contributed by atoms with E-state index < -0.39 is 0 Å². The highest BCUT2D eigenvalue weighted by atomic mass is 16.2.